The molecule has 2 aliphatic carbocycles. The standard InChI is InChI=1S/C14H21/c1-3-7-13(8-4-1)11-12-14-9-5-2-6-10-14/h3,5,7,9,11,13-14H,1-2,4,6,8,10,12H2. The Balaban J connectivity index is 1.70. The van der Waals surface area contributed by atoms with Crippen molar-refractivity contribution >= 4 is 0 Å². The Bertz CT molecular complexity index is 188. The zero-order chi connectivity index (χ0) is 9.64. The third-order valence-electron chi connectivity index (χ3n) is 3.39. The summed E-state index contributed by atoms with van der Waals surface area (Å²) >= 11 is 0. The van der Waals surface area contributed by atoms with E-state index in [4.69, 9.17) is 0 Å². The molecule has 0 nitrogen and oxygen atoms in total. The molecule has 2 rings (SSSR count). The van der Waals surface area contributed by atoms with Crippen LogP contribution in [0.25, 0.3) is 0 Å². The minimum Gasteiger partial charge on any atom is -0.0883 e. The van der Waals surface area contributed by atoms with Crippen molar-refractivity contribution in [1.82, 2.24) is 0 Å². The Morgan fingerprint density at radius 2 is 1.79 bits per heavy atom. The van der Waals surface area contributed by atoms with Gasteiger partial charge in [-0.25, -0.2) is 0 Å². The lowest BCUT2D eigenvalue weighted by molar-refractivity contribution is 0.494. The van der Waals surface area contributed by atoms with Crippen LogP contribution in [0.3, 0.4) is 0 Å². The van der Waals surface area contributed by atoms with Gasteiger partial charge in [0.05, 0.1) is 0 Å². The summed E-state index contributed by atoms with van der Waals surface area (Å²) in [5, 5.41) is 0. The molecule has 0 fully saturated rings. The predicted octanol–water partition coefficient (Wildman–Crippen LogP) is 4.29. The highest BCUT2D eigenvalue weighted by atomic mass is 14.2. The molecule has 0 aromatic carbocycles. The first kappa shape index (κ1) is 10.0. The van der Waals surface area contributed by atoms with Gasteiger partial charge in [-0.1, -0.05) is 24.3 Å². The normalized spacial score (nSPS) is 32.0. The summed E-state index contributed by atoms with van der Waals surface area (Å²) in [7, 11) is 0. The van der Waals surface area contributed by atoms with E-state index in [0.29, 0.717) is 0 Å². The Labute approximate surface area is 88.1 Å². The van der Waals surface area contributed by atoms with Crippen molar-refractivity contribution in [1.29, 1.82) is 0 Å². The van der Waals surface area contributed by atoms with Crippen LogP contribution in [0.1, 0.15) is 44.9 Å². The third kappa shape index (κ3) is 3.01. The number of allylic oxidation sites excluding steroid dienone is 4. The maximum Gasteiger partial charge on any atom is -0.0202 e. The molecule has 0 amide bonds. The van der Waals surface area contributed by atoms with E-state index in [9.17, 15) is 0 Å². The molecule has 2 atom stereocenters. The molecule has 2 aliphatic rings. The second kappa shape index (κ2) is 5.38. The lowest BCUT2D eigenvalue weighted by Crippen LogP contribution is -2.07. The molecule has 0 saturated heterocycles. The van der Waals surface area contributed by atoms with Gasteiger partial charge in [0, 0.05) is 0 Å². The van der Waals surface area contributed by atoms with Gasteiger partial charge in [-0.3, -0.25) is 0 Å². The summed E-state index contributed by atoms with van der Waals surface area (Å²) in [6.07, 6.45) is 21.5. The largest absolute Gasteiger partial charge is 0.0883 e. The molecule has 0 heteroatoms. The molecule has 0 spiro atoms. The molecule has 0 bridgehead atoms. The van der Waals surface area contributed by atoms with Gasteiger partial charge in [-0.15, -0.1) is 0 Å². The fraction of sp³-hybridized carbons (Fsp3) is 0.643. The summed E-state index contributed by atoms with van der Waals surface area (Å²) in [4.78, 5) is 0. The molecule has 0 aliphatic heterocycles. The van der Waals surface area contributed by atoms with E-state index < -0.39 is 0 Å². The summed E-state index contributed by atoms with van der Waals surface area (Å²) in [5.41, 5.74) is 0. The fourth-order valence-electron chi connectivity index (χ4n) is 2.46. The molecule has 0 saturated carbocycles. The van der Waals surface area contributed by atoms with Gasteiger partial charge in [-0.05, 0) is 63.2 Å². The van der Waals surface area contributed by atoms with Gasteiger partial charge in [-0.2, -0.15) is 0 Å². The van der Waals surface area contributed by atoms with Crippen LogP contribution in [0.4, 0.5) is 0 Å². The van der Waals surface area contributed by atoms with Crippen LogP contribution in [0.15, 0.2) is 24.3 Å². The quantitative estimate of drug-likeness (QED) is 0.581. The van der Waals surface area contributed by atoms with Gasteiger partial charge in [0.1, 0.15) is 0 Å². The minimum atomic E-state index is 0.777. The van der Waals surface area contributed by atoms with Crippen LogP contribution < -0.4 is 0 Å². The monoisotopic (exact) mass is 189 g/mol. The maximum atomic E-state index is 2.54. The van der Waals surface area contributed by atoms with Crippen molar-refractivity contribution in [2.75, 3.05) is 0 Å². The number of hydrogen-bond donors (Lipinski definition) is 0. The molecule has 0 aromatic rings. The second-order valence-corrected chi connectivity index (χ2v) is 4.61. The highest BCUT2D eigenvalue weighted by Crippen LogP contribution is 2.26. The molecule has 0 aromatic heterocycles. The zero-order valence-corrected chi connectivity index (χ0v) is 8.99. The van der Waals surface area contributed by atoms with Crippen molar-refractivity contribution in [3.8, 4) is 0 Å². The van der Waals surface area contributed by atoms with Crippen LogP contribution in [0, 0.1) is 18.3 Å². The summed E-state index contributed by atoms with van der Waals surface area (Å²) < 4.78 is 0. The maximum absolute atomic E-state index is 2.54. The van der Waals surface area contributed by atoms with Crippen LogP contribution in [-0.4, -0.2) is 0 Å². The molecular formula is C14H21. The van der Waals surface area contributed by atoms with Crippen LogP contribution >= 0.6 is 0 Å². The summed E-state index contributed by atoms with van der Waals surface area (Å²) in [5.74, 6) is 1.62. The van der Waals surface area contributed by atoms with E-state index in [-0.39, 0.29) is 0 Å². The SMILES string of the molecule is [CH](CC1C=CCCC1)C1C=CCCC1. The molecule has 1 radical (unpaired) electrons. The molecule has 0 heterocycles. The smallest absolute Gasteiger partial charge is 0.0202 e. The van der Waals surface area contributed by atoms with E-state index >= 15 is 0 Å². The van der Waals surface area contributed by atoms with Crippen LogP contribution in [0.5, 0.6) is 0 Å². The molecule has 77 valence electrons. The zero-order valence-electron chi connectivity index (χ0n) is 8.99. The van der Waals surface area contributed by atoms with Crippen molar-refractivity contribution in [3.05, 3.63) is 30.7 Å². The minimum absolute atomic E-state index is 0.777. The lowest BCUT2D eigenvalue weighted by Gasteiger charge is -2.20. The predicted molar refractivity (Wildman–Crippen MR) is 61.9 cm³/mol. The van der Waals surface area contributed by atoms with E-state index in [1.54, 1.807) is 0 Å². The summed E-state index contributed by atoms with van der Waals surface area (Å²) in [6, 6.07) is 0. The average Bonchev–Trinajstić information content (AvgIpc) is 2.29. The Kier molecular flexibility index (Phi) is 3.85. The average molecular weight is 189 g/mol. The van der Waals surface area contributed by atoms with E-state index in [1.807, 2.05) is 0 Å². The number of rotatable bonds is 3. The van der Waals surface area contributed by atoms with Crippen molar-refractivity contribution in [2.24, 2.45) is 11.8 Å². The van der Waals surface area contributed by atoms with E-state index in [2.05, 4.69) is 30.7 Å². The highest BCUT2D eigenvalue weighted by molar-refractivity contribution is 5.02. The molecular weight excluding hydrogens is 168 g/mol. The lowest BCUT2D eigenvalue weighted by atomic mass is 9.85. The number of hydrogen-bond acceptors (Lipinski definition) is 0. The van der Waals surface area contributed by atoms with Crippen LogP contribution in [-0.2, 0) is 0 Å². The van der Waals surface area contributed by atoms with Crippen LogP contribution in [0.2, 0.25) is 0 Å². The van der Waals surface area contributed by atoms with Gasteiger partial charge in [0.15, 0.2) is 0 Å². The Morgan fingerprint density at radius 1 is 1.00 bits per heavy atom. The van der Waals surface area contributed by atoms with Gasteiger partial charge >= 0.3 is 0 Å². The van der Waals surface area contributed by atoms with Gasteiger partial charge in [0.25, 0.3) is 0 Å². The first-order valence-corrected chi connectivity index (χ1v) is 6.12. The first-order chi connectivity index (χ1) is 6.95. The summed E-state index contributed by atoms with van der Waals surface area (Å²) in [6.45, 7) is 0. The highest BCUT2D eigenvalue weighted by Gasteiger charge is 2.13. The topological polar surface area (TPSA) is 0 Å². The molecule has 0 N–H and O–H groups in total. The van der Waals surface area contributed by atoms with E-state index in [1.165, 1.54) is 44.9 Å². The third-order valence-corrected chi connectivity index (χ3v) is 3.39. The second-order valence-electron chi connectivity index (χ2n) is 4.61. The van der Waals surface area contributed by atoms with E-state index in [0.717, 1.165) is 11.8 Å². The Morgan fingerprint density at radius 3 is 2.43 bits per heavy atom. The first-order valence-electron chi connectivity index (χ1n) is 6.12. The Hall–Kier alpha value is -0.520. The molecule has 2 unspecified atom stereocenters. The molecule has 14 heavy (non-hydrogen) atoms. The fourth-order valence-corrected chi connectivity index (χ4v) is 2.46. The van der Waals surface area contributed by atoms with Gasteiger partial charge in [0.2, 0.25) is 0 Å². The van der Waals surface area contributed by atoms with Gasteiger partial charge < -0.3 is 0 Å². The van der Waals surface area contributed by atoms with Crippen molar-refractivity contribution < 1.29 is 0 Å². The van der Waals surface area contributed by atoms with Crippen molar-refractivity contribution in [3.63, 3.8) is 0 Å². The van der Waals surface area contributed by atoms with Crippen molar-refractivity contribution in [2.45, 2.75) is 44.9 Å².